The monoisotopic (exact) mass is 614 g/mol. The predicted octanol–water partition coefficient (Wildman–Crippen LogP) is 5.06. The fourth-order valence-corrected chi connectivity index (χ4v) is 8.31. The van der Waals surface area contributed by atoms with Gasteiger partial charge in [-0.25, -0.2) is 0 Å². The Balaban J connectivity index is 1.01. The van der Waals surface area contributed by atoms with Crippen LogP contribution < -0.4 is 5.32 Å². The molecule has 4 amide bonds. The number of piperazine rings is 1. The lowest BCUT2D eigenvalue weighted by Crippen LogP contribution is -2.52. The highest BCUT2D eigenvalue weighted by Gasteiger charge is 2.40. The number of nitrogens with zero attached hydrogens (tertiary/aromatic N) is 3. The predicted molar refractivity (Wildman–Crippen MR) is 168 cm³/mol. The number of imide groups is 1. The van der Waals surface area contributed by atoms with Crippen molar-refractivity contribution in [2.45, 2.75) is 70.4 Å². The molecule has 3 heterocycles. The molecule has 7 rings (SSSR count). The number of allylic oxidation sites excluding steroid dienone is 1. The largest absolute Gasteiger partial charge is 0.336 e. The maximum absolute atomic E-state index is 13.6. The first-order chi connectivity index (χ1) is 21.3. The van der Waals surface area contributed by atoms with E-state index in [4.69, 9.17) is 11.6 Å². The number of fused-ring (bicyclic) bond motifs is 1. The number of nitrogens with one attached hydrogen (secondary N) is 1. The van der Waals surface area contributed by atoms with Crippen LogP contribution in [0.3, 0.4) is 0 Å². The Morgan fingerprint density at radius 2 is 1.68 bits per heavy atom. The van der Waals surface area contributed by atoms with Gasteiger partial charge in [-0.3, -0.25) is 29.4 Å². The molecule has 1 unspecified atom stereocenters. The number of carbonyl (C=O) groups excluding carboxylic acids is 4. The smallest absolute Gasteiger partial charge is 0.255 e. The molecule has 2 aliphatic carbocycles. The van der Waals surface area contributed by atoms with Gasteiger partial charge in [0.1, 0.15) is 6.04 Å². The van der Waals surface area contributed by atoms with E-state index in [0.29, 0.717) is 36.1 Å². The Morgan fingerprint density at radius 1 is 0.932 bits per heavy atom. The van der Waals surface area contributed by atoms with E-state index < -0.39 is 11.9 Å². The van der Waals surface area contributed by atoms with Gasteiger partial charge in [-0.05, 0) is 91.0 Å². The van der Waals surface area contributed by atoms with Crippen molar-refractivity contribution in [3.8, 4) is 0 Å². The zero-order valence-electron chi connectivity index (χ0n) is 25.1. The van der Waals surface area contributed by atoms with Crippen LogP contribution in [0.15, 0.2) is 48.0 Å². The molecule has 1 saturated carbocycles. The van der Waals surface area contributed by atoms with Gasteiger partial charge in [-0.2, -0.15) is 0 Å². The Hall–Kier alpha value is -3.49. The molecular formula is C35H39ClN4O4. The third-order valence-corrected chi connectivity index (χ3v) is 10.9. The van der Waals surface area contributed by atoms with E-state index in [2.05, 4.69) is 22.3 Å². The molecule has 2 aromatic rings. The second kappa shape index (κ2) is 11.8. The van der Waals surface area contributed by atoms with Gasteiger partial charge in [0, 0.05) is 61.8 Å². The van der Waals surface area contributed by atoms with Crippen molar-refractivity contribution in [1.29, 1.82) is 0 Å². The highest BCUT2D eigenvalue weighted by molar-refractivity contribution is 6.30. The zero-order valence-corrected chi connectivity index (χ0v) is 25.8. The summed E-state index contributed by atoms with van der Waals surface area (Å²) in [4.78, 5) is 56.5. The lowest BCUT2D eigenvalue weighted by molar-refractivity contribution is -0.136. The Labute approximate surface area is 263 Å². The Morgan fingerprint density at radius 3 is 2.41 bits per heavy atom. The van der Waals surface area contributed by atoms with Crippen molar-refractivity contribution in [3.05, 3.63) is 75.3 Å². The molecule has 0 bridgehead atoms. The molecule has 2 saturated heterocycles. The lowest BCUT2D eigenvalue weighted by Gasteiger charge is -2.40. The van der Waals surface area contributed by atoms with E-state index in [9.17, 15) is 19.2 Å². The zero-order chi connectivity index (χ0) is 30.4. The van der Waals surface area contributed by atoms with Gasteiger partial charge in [-0.15, -0.1) is 0 Å². The standard InChI is InChI=1S/C35H39ClN4O4/c36-27-6-3-23(4-7-27)28-11-14-35(12-1-2-13-35)20-26(28)21-38-15-17-39(18-16-38)33(43)24-5-8-29-25(19-24)22-40(34(29)44)30-9-10-31(41)37-32(30)42/h3-8,19,30H,1-2,9-18,20-22H2,(H,37,41,42). The van der Waals surface area contributed by atoms with Crippen LogP contribution in [0.2, 0.25) is 5.02 Å². The summed E-state index contributed by atoms with van der Waals surface area (Å²) in [6.45, 7) is 4.17. The Bertz CT molecular complexity index is 1540. The van der Waals surface area contributed by atoms with E-state index in [0.717, 1.165) is 36.6 Å². The highest BCUT2D eigenvalue weighted by Crippen LogP contribution is 2.52. The molecule has 1 N–H and O–H groups in total. The van der Waals surface area contributed by atoms with Crippen LogP contribution in [0.1, 0.15) is 89.6 Å². The van der Waals surface area contributed by atoms with Gasteiger partial charge < -0.3 is 9.80 Å². The Kier molecular flexibility index (Phi) is 7.83. The fourth-order valence-electron chi connectivity index (χ4n) is 8.19. The van der Waals surface area contributed by atoms with Crippen LogP contribution in [-0.2, 0) is 16.1 Å². The number of hydrogen-bond donors (Lipinski definition) is 1. The summed E-state index contributed by atoms with van der Waals surface area (Å²) in [6.07, 6.45) is 9.47. The minimum atomic E-state index is -0.664. The summed E-state index contributed by atoms with van der Waals surface area (Å²) in [7, 11) is 0. The van der Waals surface area contributed by atoms with Crippen LogP contribution in [0, 0.1) is 5.41 Å². The van der Waals surface area contributed by atoms with Crippen molar-refractivity contribution >= 4 is 40.8 Å². The van der Waals surface area contributed by atoms with Crippen molar-refractivity contribution < 1.29 is 19.2 Å². The molecule has 0 aromatic heterocycles. The minimum Gasteiger partial charge on any atom is -0.336 e. The van der Waals surface area contributed by atoms with Gasteiger partial charge in [-0.1, -0.05) is 42.1 Å². The topological polar surface area (TPSA) is 90.0 Å². The summed E-state index contributed by atoms with van der Waals surface area (Å²) < 4.78 is 0. The van der Waals surface area contributed by atoms with Crippen molar-refractivity contribution in [2.75, 3.05) is 32.7 Å². The summed E-state index contributed by atoms with van der Waals surface area (Å²) in [5.74, 6) is -0.989. The molecule has 5 aliphatic rings. The van der Waals surface area contributed by atoms with Crippen molar-refractivity contribution in [1.82, 2.24) is 20.0 Å². The van der Waals surface area contributed by atoms with Crippen LogP contribution in [-0.4, -0.2) is 77.1 Å². The molecule has 9 heteroatoms. The van der Waals surface area contributed by atoms with E-state index in [-0.39, 0.29) is 30.7 Å². The van der Waals surface area contributed by atoms with Gasteiger partial charge in [0.25, 0.3) is 11.8 Å². The van der Waals surface area contributed by atoms with Gasteiger partial charge in [0.15, 0.2) is 0 Å². The van der Waals surface area contributed by atoms with Crippen LogP contribution in [0.5, 0.6) is 0 Å². The first-order valence-corrected chi connectivity index (χ1v) is 16.4. The number of halogens is 1. The average Bonchev–Trinajstić information content (AvgIpc) is 3.61. The maximum atomic E-state index is 13.6. The summed E-state index contributed by atoms with van der Waals surface area (Å²) in [5, 5.41) is 3.10. The highest BCUT2D eigenvalue weighted by atomic mass is 35.5. The van der Waals surface area contributed by atoms with E-state index in [1.807, 2.05) is 17.0 Å². The summed E-state index contributed by atoms with van der Waals surface area (Å²) in [5.41, 5.74) is 6.64. The molecule has 0 radical (unpaired) electrons. The quantitative estimate of drug-likeness (QED) is 0.476. The fraction of sp³-hybridized carbons (Fsp3) is 0.486. The first-order valence-electron chi connectivity index (χ1n) is 16.0. The van der Waals surface area contributed by atoms with E-state index in [1.54, 1.807) is 23.8 Å². The maximum Gasteiger partial charge on any atom is 0.255 e. The lowest BCUT2D eigenvalue weighted by atomic mass is 9.69. The molecule has 44 heavy (non-hydrogen) atoms. The molecule has 8 nitrogen and oxygen atoms in total. The van der Waals surface area contributed by atoms with E-state index in [1.165, 1.54) is 54.6 Å². The molecule has 3 aliphatic heterocycles. The van der Waals surface area contributed by atoms with E-state index >= 15 is 0 Å². The second-order valence-electron chi connectivity index (χ2n) is 13.3. The molecule has 1 atom stereocenters. The number of rotatable bonds is 5. The number of carbonyl (C=O) groups is 4. The molecule has 3 fully saturated rings. The normalized spacial score (nSPS) is 23.8. The summed E-state index contributed by atoms with van der Waals surface area (Å²) in [6, 6.07) is 12.9. The summed E-state index contributed by atoms with van der Waals surface area (Å²) >= 11 is 6.21. The number of benzene rings is 2. The molecule has 1 spiro atoms. The second-order valence-corrected chi connectivity index (χ2v) is 13.7. The molecular weight excluding hydrogens is 576 g/mol. The number of hydrogen-bond acceptors (Lipinski definition) is 5. The van der Waals surface area contributed by atoms with Gasteiger partial charge >= 0.3 is 0 Å². The third kappa shape index (κ3) is 5.58. The molecule has 2 aromatic carbocycles. The molecule has 230 valence electrons. The number of piperidine rings is 1. The number of amides is 4. The van der Waals surface area contributed by atoms with Gasteiger partial charge in [0.2, 0.25) is 11.8 Å². The van der Waals surface area contributed by atoms with Crippen molar-refractivity contribution in [3.63, 3.8) is 0 Å². The SMILES string of the molecule is O=C1CCC(N2Cc3cc(C(=O)N4CCN(CC5=C(c6ccc(Cl)cc6)CCC6(CCCC6)C5)CC4)ccc3C2=O)C(=O)N1. The van der Waals surface area contributed by atoms with Crippen LogP contribution in [0.4, 0.5) is 0 Å². The third-order valence-electron chi connectivity index (χ3n) is 10.6. The van der Waals surface area contributed by atoms with Crippen molar-refractivity contribution in [2.24, 2.45) is 5.41 Å². The van der Waals surface area contributed by atoms with Crippen LogP contribution in [0.25, 0.3) is 5.57 Å². The van der Waals surface area contributed by atoms with Gasteiger partial charge in [0.05, 0.1) is 0 Å². The average molecular weight is 615 g/mol. The first kappa shape index (κ1) is 29.2. The minimum absolute atomic E-state index is 0.0250. The van der Waals surface area contributed by atoms with Crippen LogP contribution >= 0.6 is 11.6 Å².